The summed E-state index contributed by atoms with van der Waals surface area (Å²) in [5, 5.41) is 3.98. The molecule has 158 valence electrons. The number of ether oxygens (including phenoxy) is 1. The minimum atomic E-state index is -0.0382. The van der Waals surface area contributed by atoms with Gasteiger partial charge in [0, 0.05) is 17.5 Å². The van der Waals surface area contributed by atoms with Gasteiger partial charge in [-0.05, 0) is 30.7 Å². The van der Waals surface area contributed by atoms with Crippen molar-refractivity contribution in [2.24, 2.45) is 0 Å². The summed E-state index contributed by atoms with van der Waals surface area (Å²) in [7, 11) is 1.65. The van der Waals surface area contributed by atoms with Crippen molar-refractivity contribution in [1.82, 2.24) is 10.3 Å². The summed E-state index contributed by atoms with van der Waals surface area (Å²) in [5.41, 5.74) is 3.19. The molecule has 30 heavy (non-hydrogen) atoms. The Morgan fingerprint density at radius 3 is 2.50 bits per heavy atom. The predicted molar refractivity (Wildman–Crippen MR) is 124 cm³/mol. The molecule has 3 aromatic rings. The maximum Gasteiger partial charge on any atom is 0.252 e. The van der Waals surface area contributed by atoms with Gasteiger partial charge in [-0.15, -0.1) is 0 Å². The van der Waals surface area contributed by atoms with Crippen LogP contribution in [0.1, 0.15) is 62.2 Å². The SMILES string of the molecule is CCCCCCCCCNC(=O)c1cc(-c2cccc(OC)c2)nc2ccccc12. The lowest BCUT2D eigenvalue weighted by Gasteiger charge is -2.11. The molecule has 0 unspecified atom stereocenters. The van der Waals surface area contributed by atoms with Crippen molar-refractivity contribution < 1.29 is 9.53 Å². The molecule has 0 fully saturated rings. The molecule has 0 aliphatic carbocycles. The van der Waals surface area contributed by atoms with Crippen molar-refractivity contribution >= 4 is 16.8 Å². The van der Waals surface area contributed by atoms with E-state index in [2.05, 4.69) is 12.2 Å². The van der Waals surface area contributed by atoms with Crippen LogP contribution in [-0.2, 0) is 0 Å². The van der Waals surface area contributed by atoms with Gasteiger partial charge in [-0.3, -0.25) is 4.79 Å². The second kappa shape index (κ2) is 11.3. The fourth-order valence-corrected chi connectivity index (χ4v) is 3.67. The molecule has 2 aromatic carbocycles. The van der Waals surface area contributed by atoms with Crippen molar-refractivity contribution in [3.63, 3.8) is 0 Å². The minimum absolute atomic E-state index is 0.0382. The van der Waals surface area contributed by atoms with Gasteiger partial charge in [-0.1, -0.05) is 75.8 Å². The Hall–Kier alpha value is -2.88. The molecule has 0 saturated heterocycles. The molecule has 4 nitrogen and oxygen atoms in total. The number of para-hydroxylation sites is 1. The van der Waals surface area contributed by atoms with E-state index in [-0.39, 0.29) is 5.91 Å². The van der Waals surface area contributed by atoms with Gasteiger partial charge >= 0.3 is 0 Å². The van der Waals surface area contributed by atoms with Crippen LogP contribution in [0.4, 0.5) is 0 Å². The molecule has 1 N–H and O–H groups in total. The molecule has 3 rings (SSSR count). The molecule has 0 aliphatic heterocycles. The molecule has 0 aliphatic rings. The van der Waals surface area contributed by atoms with Gasteiger partial charge in [0.15, 0.2) is 0 Å². The maximum absolute atomic E-state index is 13.0. The molecular formula is C26H32N2O2. The van der Waals surface area contributed by atoms with E-state index in [1.54, 1.807) is 7.11 Å². The topological polar surface area (TPSA) is 51.2 Å². The van der Waals surface area contributed by atoms with Gasteiger partial charge in [-0.2, -0.15) is 0 Å². The summed E-state index contributed by atoms with van der Waals surface area (Å²) in [6.45, 7) is 2.94. The zero-order valence-corrected chi connectivity index (χ0v) is 18.1. The molecule has 1 amide bonds. The first-order valence-corrected chi connectivity index (χ1v) is 11.1. The van der Waals surface area contributed by atoms with Gasteiger partial charge in [0.2, 0.25) is 0 Å². The molecule has 0 atom stereocenters. The summed E-state index contributed by atoms with van der Waals surface area (Å²) in [5.74, 6) is 0.733. The third kappa shape index (κ3) is 5.82. The Kier molecular flexibility index (Phi) is 8.25. The number of hydrogen-bond acceptors (Lipinski definition) is 3. The number of fused-ring (bicyclic) bond motifs is 1. The van der Waals surface area contributed by atoms with Crippen molar-refractivity contribution in [1.29, 1.82) is 0 Å². The second-order valence-corrected chi connectivity index (χ2v) is 7.68. The van der Waals surface area contributed by atoms with Crippen LogP contribution in [0.2, 0.25) is 0 Å². The van der Waals surface area contributed by atoms with Crippen LogP contribution in [0.5, 0.6) is 5.75 Å². The molecule has 0 bridgehead atoms. The minimum Gasteiger partial charge on any atom is -0.497 e. The fourth-order valence-electron chi connectivity index (χ4n) is 3.67. The number of unbranched alkanes of at least 4 members (excludes halogenated alkanes) is 6. The quantitative estimate of drug-likeness (QED) is 0.377. The van der Waals surface area contributed by atoms with Crippen LogP contribution in [0.3, 0.4) is 0 Å². The summed E-state index contributed by atoms with van der Waals surface area (Å²) in [4.78, 5) is 17.7. The van der Waals surface area contributed by atoms with Crippen LogP contribution in [0.25, 0.3) is 22.2 Å². The van der Waals surface area contributed by atoms with Crippen LogP contribution in [0.15, 0.2) is 54.6 Å². The molecule has 4 heteroatoms. The summed E-state index contributed by atoms with van der Waals surface area (Å²) < 4.78 is 5.34. The molecule has 0 saturated carbocycles. The van der Waals surface area contributed by atoms with Crippen molar-refractivity contribution in [3.8, 4) is 17.0 Å². The fraction of sp³-hybridized carbons (Fsp3) is 0.385. The lowest BCUT2D eigenvalue weighted by molar-refractivity contribution is 0.0954. The average Bonchev–Trinajstić information content (AvgIpc) is 2.80. The number of aromatic nitrogens is 1. The maximum atomic E-state index is 13.0. The number of rotatable bonds is 11. The summed E-state index contributed by atoms with van der Waals surface area (Å²) >= 11 is 0. The van der Waals surface area contributed by atoms with E-state index in [1.165, 1.54) is 32.1 Å². The number of pyridine rings is 1. The van der Waals surface area contributed by atoms with Crippen molar-refractivity contribution in [2.75, 3.05) is 13.7 Å². The molecule has 0 spiro atoms. The van der Waals surface area contributed by atoms with Gasteiger partial charge < -0.3 is 10.1 Å². The van der Waals surface area contributed by atoms with E-state index < -0.39 is 0 Å². The molecule has 1 heterocycles. The number of nitrogens with one attached hydrogen (secondary N) is 1. The van der Waals surface area contributed by atoms with Crippen LogP contribution in [-0.4, -0.2) is 24.5 Å². The van der Waals surface area contributed by atoms with Gasteiger partial charge in [-0.25, -0.2) is 4.98 Å². The van der Waals surface area contributed by atoms with Crippen molar-refractivity contribution in [2.45, 2.75) is 51.9 Å². The number of amides is 1. The number of carbonyl (C=O) groups excluding carboxylic acids is 1. The third-order valence-electron chi connectivity index (χ3n) is 5.39. The highest BCUT2D eigenvalue weighted by Crippen LogP contribution is 2.27. The largest absolute Gasteiger partial charge is 0.497 e. The van der Waals surface area contributed by atoms with E-state index in [4.69, 9.17) is 9.72 Å². The molecule has 0 radical (unpaired) electrons. The number of nitrogens with zero attached hydrogens (tertiary/aromatic N) is 1. The standard InChI is InChI=1S/C26H32N2O2/c1-3-4-5-6-7-8-11-17-27-26(29)23-19-25(20-13-12-14-21(18-20)30-2)28-24-16-10-9-15-22(23)24/h9-10,12-16,18-19H,3-8,11,17H2,1-2H3,(H,27,29). The van der Waals surface area contributed by atoms with E-state index in [0.717, 1.165) is 40.8 Å². The van der Waals surface area contributed by atoms with Crippen LogP contribution >= 0.6 is 0 Å². The normalized spacial score (nSPS) is 10.9. The summed E-state index contributed by atoms with van der Waals surface area (Å²) in [6.07, 6.45) is 8.63. The van der Waals surface area contributed by atoms with Gasteiger partial charge in [0.25, 0.3) is 5.91 Å². The van der Waals surface area contributed by atoms with Crippen molar-refractivity contribution in [3.05, 3.63) is 60.2 Å². The lowest BCUT2D eigenvalue weighted by Crippen LogP contribution is -2.24. The highest BCUT2D eigenvalue weighted by molar-refractivity contribution is 6.07. The van der Waals surface area contributed by atoms with Crippen LogP contribution in [0, 0.1) is 0 Å². The predicted octanol–water partition coefficient (Wildman–Crippen LogP) is 6.39. The second-order valence-electron chi connectivity index (χ2n) is 7.68. The van der Waals surface area contributed by atoms with E-state index in [9.17, 15) is 4.79 Å². The van der Waals surface area contributed by atoms with Gasteiger partial charge in [0.05, 0.1) is 23.9 Å². The molecular weight excluding hydrogens is 372 g/mol. The smallest absolute Gasteiger partial charge is 0.252 e. The Labute approximate surface area is 179 Å². The van der Waals surface area contributed by atoms with E-state index >= 15 is 0 Å². The van der Waals surface area contributed by atoms with Crippen LogP contribution < -0.4 is 10.1 Å². The first kappa shape index (κ1) is 21.8. The third-order valence-corrected chi connectivity index (χ3v) is 5.39. The Morgan fingerprint density at radius 1 is 0.933 bits per heavy atom. The Bertz CT molecular complexity index is 968. The highest BCUT2D eigenvalue weighted by Gasteiger charge is 2.14. The van der Waals surface area contributed by atoms with E-state index in [0.29, 0.717) is 12.1 Å². The Balaban J connectivity index is 1.71. The monoisotopic (exact) mass is 404 g/mol. The zero-order valence-electron chi connectivity index (χ0n) is 18.1. The average molecular weight is 405 g/mol. The first-order valence-electron chi connectivity index (χ1n) is 11.1. The highest BCUT2D eigenvalue weighted by atomic mass is 16.5. The number of methoxy groups -OCH3 is 1. The summed E-state index contributed by atoms with van der Waals surface area (Å²) in [6, 6.07) is 17.5. The number of hydrogen-bond donors (Lipinski definition) is 1. The first-order chi connectivity index (χ1) is 14.7. The number of carbonyl (C=O) groups is 1. The number of benzene rings is 2. The Morgan fingerprint density at radius 2 is 1.70 bits per heavy atom. The molecule has 1 aromatic heterocycles. The lowest BCUT2D eigenvalue weighted by atomic mass is 10.0. The van der Waals surface area contributed by atoms with Gasteiger partial charge in [0.1, 0.15) is 5.75 Å². The zero-order chi connectivity index (χ0) is 21.2. The van der Waals surface area contributed by atoms with E-state index in [1.807, 2.05) is 54.6 Å².